The highest BCUT2D eigenvalue weighted by atomic mass is 32.2. The third kappa shape index (κ3) is 2.96. The number of rotatable bonds is 4. The molecule has 4 rings (SSSR count). The minimum atomic E-state index is -2.22. The van der Waals surface area contributed by atoms with Gasteiger partial charge in [0.15, 0.2) is 11.3 Å². The lowest BCUT2D eigenvalue weighted by atomic mass is 9.45. The van der Waals surface area contributed by atoms with Crippen molar-refractivity contribution >= 4 is 22.8 Å². The van der Waals surface area contributed by atoms with Gasteiger partial charge in [0.2, 0.25) is 5.12 Å². The molecule has 0 aromatic rings. The minimum absolute atomic E-state index is 0.00535. The Morgan fingerprint density at radius 3 is 2.64 bits per heavy atom. The predicted octanol–water partition coefficient (Wildman–Crippen LogP) is 4.79. The standard InChI is InChI=1S/C24H31F3O5S/c1-5-19(29)32-24(20(30)33-12-25)13(2)8-14-15-9-17(26)16-11-31-7-6-21(16,3)23(15,27)18(28)10-22(14,24)4/h6-7,11,13-15,17-18,28H,5,8-10,12H2,1-4H3/t13-,14+,15+,17+,18+,21+,22+,23+,24+/m1/s1. The van der Waals surface area contributed by atoms with E-state index in [1.54, 1.807) is 27.7 Å². The molecule has 184 valence electrons. The summed E-state index contributed by atoms with van der Waals surface area (Å²) in [5.74, 6) is -2.70. The highest BCUT2D eigenvalue weighted by Crippen LogP contribution is 2.72. The molecule has 0 unspecified atom stereocenters. The van der Waals surface area contributed by atoms with Crippen molar-refractivity contribution in [2.24, 2.45) is 28.6 Å². The van der Waals surface area contributed by atoms with Gasteiger partial charge in [-0.2, -0.15) is 0 Å². The minimum Gasteiger partial charge on any atom is -0.473 e. The van der Waals surface area contributed by atoms with Gasteiger partial charge in [-0.05, 0) is 49.9 Å². The maximum atomic E-state index is 17.1. The number of aliphatic hydroxyl groups is 1. The van der Waals surface area contributed by atoms with Crippen LogP contribution in [0.2, 0.25) is 0 Å². The van der Waals surface area contributed by atoms with Crippen LogP contribution in [0.15, 0.2) is 24.2 Å². The second-order valence-electron chi connectivity index (χ2n) is 10.3. The van der Waals surface area contributed by atoms with E-state index in [2.05, 4.69) is 0 Å². The van der Waals surface area contributed by atoms with Gasteiger partial charge in [0.05, 0.1) is 24.0 Å². The molecule has 3 fully saturated rings. The van der Waals surface area contributed by atoms with E-state index in [4.69, 9.17) is 9.47 Å². The molecule has 0 amide bonds. The van der Waals surface area contributed by atoms with Gasteiger partial charge in [-0.25, -0.2) is 13.2 Å². The summed E-state index contributed by atoms with van der Waals surface area (Å²) in [6, 6.07) is -1.000. The molecule has 1 heterocycles. The van der Waals surface area contributed by atoms with E-state index < -0.39 is 69.2 Å². The van der Waals surface area contributed by atoms with Crippen LogP contribution in [0.4, 0.5) is 13.2 Å². The number of allylic oxidation sites excluding steroid dienone is 2. The van der Waals surface area contributed by atoms with E-state index in [-0.39, 0.29) is 31.3 Å². The van der Waals surface area contributed by atoms with E-state index in [0.29, 0.717) is 11.8 Å². The molecule has 0 saturated heterocycles. The second kappa shape index (κ2) is 8.04. The van der Waals surface area contributed by atoms with Crippen LogP contribution in [0.25, 0.3) is 0 Å². The Bertz CT molecular complexity index is 911. The average Bonchev–Trinajstić information content (AvgIpc) is 2.98. The van der Waals surface area contributed by atoms with E-state index in [0.717, 1.165) is 0 Å². The lowest BCUT2D eigenvalue weighted by Gasteiger charge is -2.62. The average molecular weight is 489 g/mol. The first kappa shape index (κ1) is 24.6. The zero-order valence-electron chi connectivity index (χ0n) is 19.3. The molecule has 1 aliphatic heterocycles. The second-order valence-corrected chi connectivity index (χ2v) is 11.2. The number of carbonyl (C=O) groups excluding carboxylic acids is 2. The van der Waals surface area contributed by atoms with Gasteiger partial charge in [-0.3, -0.25) is 9.59 Å². The van der Waals surface area contributed by atoms with Crippen LogP contribution in [0.5, 0.6) is 0 Å². The van der Waals surface area contributed by atoms with Gasteiger partial charge >= 0.3 is 5.97 Å². The molecule has 33 heavy (non-hydrogen) atoms. The predicted molar refractivity (Wildman–Crippen MR) is 117 cm³/mol. The lowest BCUT2D eigenvalue weighted by Crippen LogP contribution is -2.70. The van der Waals surface area contributed by atoms with Gasteiger partial charge in [0.25, 0.3) is 0 Å². The molecule has 1 N–H and O–H groups in total. The SMILES string of the molecule is CCC(=O)O[C@]1(C(=O)SCF)[C@H](C)C[C@H]2[C@@H]3C[C@H](F)C4=COC=C[C@]4(C)[C@@]3(F)[C@@H](O)C[C@@]21C. The summed E-state index contributed by atoms with van der Waals surface area (Å²) in [5, 5.41) is 10.7. The summed E-state index contributed by atoms with van der Waals surface area (Å²) < 4.78 is 56.8. The van der Waals surface area contributed by atoms with Gasteiger partial charge < -0.3 is 14.6 Å². The maximum Gasteiger partial charge on any atom is 0.306 e. The number of esters is 1. The zero-order chi connectivity index (χ0) is 24.4. The highest BCUT2D eigenvalue weighted by molar-refractivity contribution is 8.13. The summed E-state index contributed by atoms with van der Waals surface area (Å²) in [4.78, 5) is 25.8. The van der Waals surface area contributed by atoms with Crippen molar-refractivity contribution in [1.82, 2.24) is 0 Å². The molecule has 0 spiro atoms. The van der Waals surface area contributed by atoms with Crippen LogP contribution in [0.3, 0.4) is 0 Å². The van der Waals surface area contributed by atoms with Gasteiger partial charge in [-0.15, -0.1) is 0 Å². The Hall–Kier alpha value is -1.48. The van der Waals surface area contributed by atoms with Crippen LogP contribution < -0.4 is 0 Å². The molecule has 0 aromatic carbocycles. The maximum absolute atomic E-state index is 17.1. The van der Waals surface area contributed by atoms with E-state index in [1.807, 2.05) is 0 Å². The van der Waals surface area contributed by atoms with Gasteiger partial charge in [0.1, 0.15) is 12.2 Å². The molecule has 5 nitrogen and oxygen atoms in total. The molecule has 0 aromatic heterocycles. The number of ether oxygens (including phenoxy) is 2. The summed E-state index contributed by atoms with van der Waals surface area (Å²) in [7, 11) is 0. The first-order valence-corrected chi connectivity index (χ1v) is 12.4. The molecule has 0 bridgehead atoms. The van der Waals surface area contributed by atoms with Gasteiger partial charge in [-0.1, -0.05) is 20.8 Å². The van der Waals surface area contributed by atoms with Crippen molar-refractivity contribution in [3.63, 3.8) is 0 Å². The summed E-state index contributed by atoms with van der Waals surface area (Å²) in [6.45, 7) is 6.58. The number of carbonyl (C=O) groups is 2. The summed E-state index contributed by atoms with van der Waals surface area (Å²) in [6.07, 6.45) is 0.827. The van der Waals surface area contributed by atoms with Crippen LogP contribution in [-0.2, 0) is 19.1 Å². The van der Waals surface area contributed by atoms with Crippen molar-refractivity contribution in [3.8, 4) is 0 Å². The molecule has 0 radical (unpaired) electrons. The van der Waals surface area contributed by atoms with Gasteiger partial charge in [0, 0.05) is 29.2 Å². The Balaban J connectivity index is 1.87. The van der Waals surface area contributed by atoms with Crippen molar-refractivity contribution in [3.05, 3.63) is 24.2 Å². The van der Waals surface area contributed by atoms with E-state index in [1.165, 1.54) is 18.6 Å². The molecule has 9 heteroatoms. The van der Waals surface area contributed by atoms with Crippen molar-refractivity contribution < 1.29 is 37.3 Å². The number of fused-ring (bicyclic) bond motifs is 5. The molecule has 4 aliphatic rings. The summed E-state index contributed by atoms with van der Waals surface area (Å²) in [5.41, 5.74) is -6.43. The molecule has 9 atom stereocenters. The molecule has 3 saturated carbocycles. The normalized spacial score (nSPS) is 48.1. The zero-order valence-corrected chi connectivity index (χ0v) is 20.1. The number of halogens is 3. The fourth-order valence-corrected chi connectivity index (χ4v) is 8.21. The highest BCUT2D eigenvalue weighted by Gasteiger charge is 2.78. The summed E-state index contributed by atoms with van der Waals surface area (Å²) >= 11 is 0.416. The number of thioether (sulfide) groups is 1. The lowest BCUT2D eigenvalue weighted by molar-refractivity contribution is -0.229. The Kier molecular flexibility index (Phi) is 6.00. The topological polar surface area (TPSA) is 72.8 Å². The molecule has 3 aliphatic carbocycles. The number of hydrogen-bond acceptors (Lipinski definition) is 6. The van der Waals surface area contributed by atoms with E-state index in [9.17, 15) is 19.1 Å². The smallest absolute Gasteiger partial charge is 0.306 e. The third-order valence-corrected chi connectivity index (χ3v) is 9.69. The molecular formula is C24H31F3O5S. The number of aliphatic hydroxyl groups excluding tert-OH is 1. The van der Waals surface area contributed by atoms with Crippen molar-refractivity contribution in [2.75, 3.05) is 6.01 Å². The number of alkyl halides is 3. The fourth-order valence-electron chi connectivity index (χ4n) is 7.42. The van der Waals surface area contributed by atoms with Crippen molar-refractivity contribution in [1.29, 1.82) is 0 Å². The molecular weight excluding hydrogens is 457 g/mol. The Morgan fingerprint density at radius 2 is 2.00 bits per heavy atom. The monoisotopic (exact) mass is 488 g/mol. The Labute approximate surface area is 196 Å². The van der Waals surface area contributed by atoms with Crippen LogP contribution in [0.1, 0.15) is 53.4 Å². The quantitative estimate of drug-likeness (QED) is 0.574. The van der Waals surface area contributed by atoms with Crippen molar-refractivity contribution in [2.45, 2.75) is 76.9 Å². The van der Waals surface area contributed by atoms with Crippen LogP contribution >= 0.6 is 11.8 Å². The number of hydrogen-bond donors (Lipinski definition) is 1. The largest absolute Gasteiger partial charge is 0.473 e. The Morgan fingerprint density at radius 1 is 1.30 bits per heavy atom. The first-order chi connectivity index (χ1) is 15.4. The van der Waals surface area contributed by atoms with E-state index >= 15 is 8.78 Å². The fraction of sp³-hybridized carbons (Fsp3) is 0.750. The van der Waals surface area contributed by atoms with Crippen LogP contribution in [0, 0.1) is 28.6 Å². The van der Waals surface area contributed by atoms with Crippen LogP contribution in [-0.4, -0.2) is 45.7 Å². The first-order valence-electron chi connectivity index (χ1n) is 11.4. The third-order valence-electron chi connectivity index (χ3n) is 9.02.